The molecule has 0 radical (unpaired) electrons. The number of nitrogens with zero attached hydrogens (tertiary/aromatic N) is 1. The van der Waals surface area contributed by atoms with Crippen LogP contribution in [0.2, 0.25) is 0 Å². The lowest BCUT2D eigenvalue weighted by atomic mass is 10.1. The summed E-state index contributed by atoms with van der Waals surface area (Å²) in [7, 11) is -2.88. The molecule has 0 unspecified atom stereocenters. The van der Waals surface area contributed by atoms with Crippen LogP contribution < -0.4 is 0 Å². The van der Waals surface area contributed by atoms with Crippen LogP contribution >= 0.6 is 0 Å². The van der Waals surface area contributed by atoms with E-state index < -0.39 is 9.84 Å². The Kier molecular flexibility index (Phi) is 4.94. The van der Waals surface area contributed by atoms with E-state index in [1.54, 1.807) is 0 Å². The molecule has 0 N–H and O–H groups in total. The molecule has 1 saturated heterocycles. The van der Waals surface area contributed by atoms with Gasteiger partial charge in [-0.2, -0.15) is 0 Å². The average Bonchev–Trinajstić information content (AvgIpc) is 2.42. The summed E-state index contributed by atoms with van der Waals surface area (Å²) in [5, 5.41) is 0. The monoisotopic (exact) mass is 295 g/mol. The molecule has 110 valence electrons. The van der Waals surface area contributed by atoms with Crippen molar-refractivity contribution in [3.8, 4) is 0 Å². The van der Waals surface area contributed by atoms with Gasteiger partial charge >= 0.3 is 0 Å². The van der Waals surface area contributed by atoms with Gasteiger partial charge in [-0.1, -0.05) is 37.6 Å². The molecule has 2 rings (SSSR count). The summed E-state index contributed by atoms with van der Waals surface area (Å²) in [4.78, 5) is 14.1. The smallest absolute Gasteiger partial charge is 0.176 e. The number of ketones is 1. The number of Topliss-reactive ketones (excluding diaryl/α,β-unsaturated/α-hetero) is 1. The Bertz CT molecular complexity index is 549. The lowest BCUT2D eigenvalue weighted by molar-refractivity contribution is 0.0936. The third kappa shape index (κ3) is 4.15. The van der Waals surface area contributed by atoms with Gasteiger partial charge < -0.3 is 0 Å². The molecule has 1 heterocycles. The van der Waals surface area contributed by atoms with E-state index in [0.29, 0.717) is 25.2 Å². The minimum absolute atomic E-state index is 0.0624. The summed E-state index contributed by atoms with van der Waals surface area (Å²) < 4.78 is 22.7. The van der Waals surface area contributed by atoms with E-state index in [1.165, 1.54) is 5.56 Å². The molecule has 1 aromatic carbocycles. The molecule has 0 aliphatic carbocycles. The fourth-order valence-electron chi connectivity index (χ4n) is 2.35. The maximum atomic E-state index is 12.2. The topological polar surface area (TPSA) is 54.5 Å². The summed E-state index contributed by atoms with van der Waals surface area (Å²) in [5.41, 5.74) is 1.95. The number of carbonyl (C=O) groups is 1. The van der Waals surface area contributed by atoms with Crippen LogP contribution in [0.15, 0.2) is 24.3 Å². The van der Waals surface area contributed by atoms with Crippen molar-refractivity contribution in [1.82, 2.24) is 4.90 Å². The van der Waals surface area contributed by atoms with E-state index in [9.17, 15) is 13.2 Å². The van der Waals surface area contributed by atoms with Crippen LogP contribution in [0.1, 0.15) is 29.3 Å². The van der Waals surface area contributed by atoms with Gasteiger partial charge in [-0.15, -0.1) is 0 Å². The predicted molar refractivity (Wildman–Crippen MR) is 79.9 cm³/mol. The summed E-state index contributed by atoms with van der Waals surface area (Å²) in [6.07, 6.45) is 2.12. The highest BCUT2D eigenvalue weighted by molar-refractivity contribution is 7.91. The molecular formula is C15H21NO3S. The number of aryl methyl sites for hydroxylation is 1. The number of carbonyl (C=O) groups excluding carboxylic acids is 1. The normalized spacial score (nSPS) is 18.9. The van der Waals surface area contributed by atoms with Gasteiger partial charge in [0.2, 0.25) is 0 Å². The third-order valence-electron chi connectivity index (χ3n) is 3.62. The minimum atomic E-state index is -2.88. The Morgan fingerprint density at radius 2 is 1.75 bits per heavy atom. The Morgan fingerprint density at radius 1 is 1.15 bits per heavy atom. The molecule has 1 fully saturated rings. The number of hydrogen-bond donors (Lipinski definition) is 0. The molecule has 5 heteroatoms. The van der Waals surface area contributed by atoms with Gasteiger partial charge in [0.15, 0.2) is 15.6 Å². The zero-order chi connectivity index (χ0) is 14.6. The lowest BCUT2D eigenvalue weighted by Crippen LogP contribution is -2.42. The van der Waals surface area contributed by atoms with E-state index in [1.807, 2.05) is 29.2 Å². The SMILES string of the molecule is CCCc1ccc(C(=O)CN2CCS(=O)(=O)CC2)cc1. The lowest BCUT2D eigenvalue weighted by Gasteiger charge is -2.25. The van der Waals surface area contributed by atoms with E-state index in [0.717, 1.165) is 12.8 Å². The first-order valence-electron chi connectivity index (χ1n) is 7.05. The predicted octanol–water partition coefficient (Wildman–Crippen LogP) is 1.55. The van der Waals surface area contributed by atoms with Crippen molar-refractivity contribution in [2.75, 3.05) is 31.1 Å². The quantitative estimate of drug-likeness (QED) is 0.774. The third-order valence-corrected chi connectivity index (χ3v) is 5.23. The second-order valence-electron chi connectivity index (χ2n) is 5.30. The molecule has 4 nitrogen and oxygen atoms in total. The first-order valence-corrected chi connectivity index (χ1v) is 8.87. The molecule has 0 aromatic heterocycles. The van der Waals surface area contributed by atoms with Crippen LogP contribution in [0.3, 0.4) is 0 Å². The molecule has 1 aromatic rings. The van der Waals surface area contributed by atoms with Crippen LogP contribution in [0.25, 0.3) is 0 Å². The zero-order valence-corrected chi connectivity index (χ0v) is 12.7. The van der Waals surface area contributed by atoms with Crippen molar-refractivity contribution in [2.45, 2.75) is 19.8 Å². The molecule has 0 atom stereocenters. The molecule has 1 aliphatic rings. The van der Waals surface area contributed by atoms with Gasteiger partial charge in [0.1, 0.15) is 0 Å². The standard InChI is InChI=1S/C15H21NO3S/c1-2-3-13-4-6-14(7-5-13)15(17)12-16-8-10-20(18,19)11-9-16/h4-7H,2-3,8-12H2,1H3. The summed E-state index contributed by atoms with van der Waals surface area (Å²) in [6.45, 7) is 3.36. The highest BCUT2D eigenvalue weighted by atomic mass is 32.2. The van der Waals surface area contributed by atoms with Gasteiger partial charge in [0, 0.05) is 18.7 Å². The largest absolute Gasteiger partial charge is 0.294 e. The van der Waals surface area contributed by atoms with Crippen LogP contribution in [0, 0.1) is 0 Å². The van der Waals surface area contributed by atoms with Crippen molar-refractivity contribution >= 4 is 15.6 Å². The average molecular weight is 295 g/mol. The maximum Gasteiger partial charge on any atom is 0.176 e. The van der Waals surface area contributed by atoms with Crippen molar-refractivity contribution < 1.29 is 13.2 Å². The Labute approximate surface area is 120 Å². The number of rotatable bonds is 5. The van der Waals surface area contributed by atoms with E-state index in [-0.39, 0.29) is 17.3 Å². The Balaban J connectivity index is 1.91. The summed E-state index contributed by atoms with van der Waals surface area (Å²) in [5.74, 6) is 0.387. The molecule has 20 heavy (non-hydrogen) atoms. The Hall–Kier alpha value is -1.20. The van der Waals surface area contributed by atoms with Crippen molar-refractivity contribution in [1.29, 1.82) is 0 Å². The number of sulfone groups is 1. The number of hydrogen-bond acceptors (Lipinski definition) is 4. The first-order chi connectivity index (χ1) is 9.50. The van der Waals surface area contributed by atoms with Crippen LogP contribution in [0.4, 0.5) is 0 Å². The first kappa shape index (κ1) is 15.2. The fraction of sp³-hybridized carbons (Fsp3) is 0.533. The molecule has 0 saturated carbocycles. The summed E-state index contributed by atoms with van der Waals surface area (Å²) in [6, 6.07) is 7.73. The van der Waals surface area contributed by atoms with Crippen LogP contribution in [0.5, 0.6) is 0 Å². The molecule has 0 bridgehead atoms. The van der Waals surface area contributed by atoms with Gasteiger partial charge in [-0.05, 0) is 12.0 Å². The molecule has 1 aliphatic heterocycles. The minimum Gasteiger partial charge on any atom is -0.294 e. The van der Waals surface area contributed by atoms with Crippen molar-refractivity contribution in [2.24, 2.45) is 0 Å². The van der Waals surface area contributed by atoms with Crippen molar-refractivity contribution in [3.63, 3.8) is 0 Å². The molecule has 0 amide bonds. The van der Waals surface area contributed by atoms with E-state index in [4.69, 9.17) is 0 Å². The Morgan fingerprint density at radius 3 is 2.30 bits per heavy atom. The molecular weight excluding hydrogens is 274 g/mol. The zero-order valence-electron chi connectivity index (χ0n) is 11.8. The summed E-state index contributed by atoms with van der Waals surface area (Å²) >= 11 is 0. The van der Waals surface area contributed by atoms with Gasteiger partial charge in [0.05, 0.1) is 18.1 Å². The fourth-order valence-corrected chi connectivity index (χ4v) is 3.63. The van der Waals surface area contributed by atoms with Gasteiger partial charge in [-0.3, -0.25) is 9.69 Å². The van der Waals surface area contributed by atoms with E-state index >= 15 is 0 Å². The second-order valence-corrected chi connectivity index (χ2v) is 7.60. The maximum absolute atomic E-state index is 12.2. The van der Waals surface area contributed by atoms with Gasteiger partial charge in [-0.25, -0.2) is 8.42 Å². The second kappa shape index (κ2) is 6.50. The van der Waals surface area contributed by atoms with Crippen LogP contribution in [-0.2, 0) is 16.3 Å². The number of benzene rings is 1. The van der Waals surface area contributed by atoms with E-state index in [2.05, 4.69) is 6.92 Å². The van der Waals surface area contributed by atoms with Crippen molar-refractivity contribution in [3.05, 3.63) is 35.4 Å². The van der Waals surface area contributed by atoms with Gasteiger partial charge in [0.25, 0.3) is 0 Å². The van der Waals surface area contributed by atoms with Crippen LogP contribution in [-0.4, -0.2) is 50.2 Å². The highest BCUT2D eigenvalue weighted by Gasteiger charge is 2.23. The highest BCUT2D eigenvalue weighted by Crippen LogP contribution is 2.10. The molecule has 0 spiro atoms.